The summed E-state index contributed by atoms with van der Waals surface area (Å²) in [6.45, 7) is 7.32. The van der Waals surface area contributed by atoms with Crippen molar-refractivity contribution >= 4 is 11.4 Å². The number of β-amino-alcohol motifs (C(OH)–C–C–N with tert-alkyl or cyclic N) is 2. The second-order valence-corrected chi connectivity index (χ2v) is 5.71. The van der Waals surface area contributed by atoms with E-state index in [9.17, 15) is 10.2 Å². The first-order valence-electron chi connectivity index (χ1n) is 8.00. The summed E-state index contributed by atoms with van der Waals surface area (Å²) in [5.74, 6) is 0. The van der Waals surface area contributed by atoms with Gasteiger partial charge in [0.05, 0.1) is 13.2 Å². The molecule has 0 unspecified atom stereocenters. The third-order valence-corrected chi connectivity index (χ3v) is 4.20. The van der Waals surface area contributed by atoms with Crippen molar-refractivity contribution < 1.29 is 10.2 Å². The van der Waals surface area contributed by atoms with Crippen molar-refractivity contribution in [2.75, 3.05) is 76.2 Å². The van der Waals surface area contributed by atoms with E-state index in [1.165, 1.54) is 5.69 Å². The van der Waals surface area contributed by atoms with Crippen molar-refractivity contribution in [2.24, 2.45) is 0 Å². The molecule has 2 rings (SSSR count). The lowest BCUT2D eigenvalue weighted by Crippen LogP contribution is -2.38. The van der Waals surface area contributed by atoms with Gasteiger partial charge in [0.15, 0.2) is 0 Å². The van der Waals surface area contributed by atoms with Crippen molar-refractivity contribution in [3.63, 3.8) is 0 Å². The van der Waals surface area contributed by atoms with E-state index in [0.29, 0.717) is 13.1 Å². The minimum absolute atomic E-state index is 0.182. The molecule has 6 nitrogen and oxygen atoms in total. The fourth-order valence-electron chi connectivity index (χ4n) is 2.82. The van der Waals surface area contributed by atoms with Crippen LogP contribution in [0.1, 0.15) is 0 Å². The molecule has 4 N–H and O–H groups in total. The third kappa shape index (κ3) is 5.14. The first kappa shape index (κ1) is 17.0. The lowest BCUT2D eigenvalue weighted by atomic mass is 10.2. The molecular weight excluding hydrogens is 280 g/mol. The molecule has 0 atom stereocenters. The SMILES string of the molecule is Nc1ccc(N2CCN(CCO)CCN(CCO)CC2)cc1. The molecule has 0 amide bonds. The summed E-state index contributed by atoms with van der Waals surface area (Å²) < 4.78 is 0. The topological polar surface area (TPSA) is 76.2 Å². The Balaban J connectivity index is 2.06. The highest BCUT2D eigenvalue weighted by Crippen LogP contribution is 2.16. The number of anilines is 2. The fourth-order valence-corrected chi connectivity index (χ4v) is 2.82. The molecule has 0 aromatic heterocycles. The second kappa shape index (κ2) is 8.95. The van der Waals surface area contributed by atoms with Crippen LogP contribution in [0.3, 0.4) is 0 Å². The molecule has 1 aromatic carbocycles. The van der Waals surface area contributed by atoms with E-state index >= 15 is 0 Å². The Morgan fingerprint density at radius 3 is 1.68 bits per heavy atom. The first-order valence-corrected chi connectivity index (χ1v) is 8.00. The third-order valence-electron chi connectivity index (χ3n) is 4.20. The minimum atomic E-state index is 0.182. The zero-order chi connectivity index (χ0) is 15.8. The Hall–Kier alpha value is -1.34. The van der Waals surface area contributed by atoms with Gasteiger partial charge in [-0.2, -0.15) is 0 Å². The van der Waals surface area contributed by atoms with Gasteiger partial charge < -0.3 is 20.8 Å². The highest BCUT2D eigenvalue weighted by atomic mass is 16.3. The van der Waals surface area contributed by atoms with Gasteiger partial charge in [-0.15, -0.1) is 0 Å². The van der Waals surface area contributed by atoms with Crippen molar-refractivity contribution in [1.29, 1.82) is 0 Å². The lowest BCUT2D eigenvalue weighted by molar-refractivity contribution is 0.161. The highest BCUT2D eigenvalue weighted by molar-refractivity contribution is 5.53. The summed E-state index contributed by atoms with van der Waals surface area (Å²) >= 11 is 0. The van der Waals surface area contributed by atoms with Crippen LogP contribution in [0.2, 0.25) is 0 Å². The highest BCUT2D eigenvalue weighted by Gasteiger charge is 2.16. The van der Waals surface area contributed by atoms with Crippen molar-refractivity contribution in [3.05, 3.63) is 24.3 Å². The number of nitrogens with two attached hydrogens (primary N) is 1. The molecule has 22 heavy (non-hydrogen) atoms. The van der Waals surface area contributed by atoms with E-state index in [2.05, 4.69) is 26.8 Å². The van der Waals surface area contributed by atoms with Crippen molar-refractivity contribution in [1.82, 2.24) is 9.80 Å². The molecule has 0 bridgehead atoms. The molecule has 1 aliphatic rings. The maximum atomic E-state index is 9.21. The van der Waals surface area contributed by atoms with Gasteiger partial charge in [0.25, 0.3) is 0 Å². The average Bonchev–Trinajstić information content (AvgIpc) is 2.61. The summed E-state index contributed by atoms with van der Waals surface area (Å²) in [6, 6.07) is 7.97. The molecule has 1 aromatic rings. The molecule has 1 saturated heterocycles. The van der Waals surface area contributed by atoms with Crippen LogP contribution < -0.4 is 10.6 Å². The summed E-state index contributed by atoms with van der Waals surface area (Å²) in [7, 11) is 0. The molecule has 124 valence electrons. The Morgan fingerprint density at radius 2 is 1.23 bits per heavy atom. The van der Waals surface area contributed by atoms with Crippen LogP contribution in [-0.4, -0.2) is 85.6 Å². The van der Waals surface area contributed by atoms with Gasteiger partial charge in [-0.25, -0.2) is 0 Å². The Labute approximate surface area is 132 Å². The molecule has 1 aliphatic heterocycles. The summed E-state index contributed by atoms with van der Waals surface area (Å²) in [4.78, 5) is 6.90. The van der Waals surface area contributed by atoms with Gasteiger partial charge >= 0.3 is 0 Å². The monoisotopic (exact) mass is 308 g/mol. The van der Waals surface area contributed by atoms with E-state index in [0.717, 1.165) is 45.0 Å². The van der Waals surface area contributed by atoms with Crippen molar-refractivity contribution in [2.45, 2.75) is 0 Å². The Bertz CT molecular complexity index is 409. The average molecular weight is 308 g/mol. The smallest absolute Gasteiger partial charge is 0.0558 e. The molecule has 0 aliphatic carbocycles. The van der Waals surface area contributed by atoms with E-state index in [4.69, 9.17) is 5.73 Å². The predicted octanol–water partition coefficient (Wildman–Crippen LogP) is -0.323. The molecule has 1 fully saturated rings. The number of rotatable bonds is 5. The van der Waals surface area contributed by atoms with Gasteiger partial charge in [0, 0.05) is 63.7 Å². The summed E-state index contributed by atoms with van der Waals surface area (Å²) in [5, 5.41) is 18.4. The standard InChI is InChI=1S/C16H28N4O2/c17-15-1-3-16(4-2-15)20-9-7-18(11-13-21)5-6-19(8-10-20)12-14-22/h1-4,21-22H,5-14,17H2. The minimum Gasteiger partial charge on any atom is -0.399 e. The van der Waals surface area contributed by atoms with Gasteiger partial charge in [0.2, 0.25) is 0 Å². The van der Waals surface area contributed by atoms with Gasteiger partial charge in [-0.05, 0) is 24.3 Å². The maximum Gasteiger partial charge on any atom is 0.0558 e. The van der Waals surface area contributed by atoms with Crippen LogP contribution >= 0.6 is 0 Å². The number of benzene rings is 1. The first-order chi connectivity index (χ1) is 10.7. The van der Waals surface area contributed by atoms with E-state index in [-0.39, 0.29) is 13.2 Å². The van der Waals surface area contributed by atoms with Gasteiger partial charge in [-0.1, -0.05) is 0 Å². The molecular formula is C16H28N4O2. The van der Waals surface area contributed by atoms with E-state index in [1.54, 1.807) is 0 Å². The predicted molar refractivity (Wildman–Crippen MR) is 90.1 cm³/mol. The number of aliphatic hydroxyl groups excluding tert-OH is 2. The summed E-state index contributed by atoms with van der Waals surface area (Å²) in [5.41, 5.74) is 7.71. The van der Waals surface area contributed by atoms with Crippen LogP contribution in [0, 0.1) is 0 Å². The van der Waals surface area contributed by atoms with Crippen LogP contribution in [0.4, 0.5) is 11.4 Å². The number of nitrogens with zero attached hydrogens (tertiary/aromatic N) is 3. The molecule has 1 heterocycles. The molecule has 0 spiro atoms. The number of nitrogen functional groups attached to an aromatic ring is 1. The number of aliphatic hydroxyl groups is 2. The largest absolute Gasteiger partial charge is 0.399 e. The van der Waals surface area contributed by atoms with Crippen LogP contribution in [-0.2, 0) is 0 Å². The Kier molecular flexibility index (Phi) is 6.92. The summed E-state index contributed by atoms with van der Waals surface area (Å²) in [6.07, 6.45) is 0. The zero-order valence-corrected chi connectivity index (χ0v) is 13.2. The molecule has 0 saturated carbocycles. The maximum absolute atomic E-state index is 9.21. The van der Waals surface area contributed by atoms with Crippen molar-refractivity contribution in [3.8, 4) is 0 Å². The van der Waals surface area contributed by atoms with Crippen LogP contribution in [0.25, 0.3) is 0 Å². The van der Waals surface area contributed by atoms with E-state index < -0.39 is 0 Å². The van der Waals surface area contributed by atoms with Gasteiger partial charge in [-0.3, -0.25) is 9.80 Å². The number of hydrogen-bond acceptors (Lipinski definition) is 6. The lowest BCUT2D eigenvalue weighted by Gasteiger charge is -2.27. The van der Waals surface area contributed by atoms with Crippen LogP contribution in [0.15, 0.2) is 24.3 Å². The van der Waals surface area contributed by atoms with E-state index in [1.807, 2.05) is 12.1 Å². The second-order valence-electron chi connectivity index (χ2n) is 5.71. The zero-order valence-electron chi connectivity index (χ0n) is 13.2. The normalized spacial score (nSPS) is 18.7. The quantitative estimate of drug-likeness (QED) is 0.647. The molecule has 6 heteroatoms. The fraction of sp³-hybridized carbons (Fsp3) is 0.625. The Morgan fingerprint density at radius 1 is 0.773 bits per heavy atom. The van der Waals surface area contributed by atoms with Gasteiger partial charge in [0.1, 0.15) is 0 Å². The van der Waals surface area contributed by atoms with Crippen LogP contribution in [0.5, 0.6) is 0 Å². The molecule has 0 radical (unpaired) electrons. The number of hydrogen-bond donors (Lipinski definition) is 3.